The molecule has 2 radical (unpaired) electrons. The van der Waals surface area contributed by atoms with Crippen molar-refractivity contribution in [1.29, 1.82) is 0 Å². The van der Waals surface area contributed by atoms with Crippen molar-refractivity contribution in [2.24, 2.45) is 0 Å². The molecule has 0 atom stereocenters. The van der Waals surface area contributed by atoms with E-state index in [1.54, 1.807) is 0 Å². The van der Waals surface area contributed by atoms with Crippen molar-refractivity contribution in [3.8, 4) is 33.4 Å². The van der Waals surface area contributed by atoms with Crippen LogP contribution in [0.15, 0.2) is 127 Å². The molecule has 0 bridgehead atoms. The van der Waals surface area contributed by atoms with E-state index in [1.165, 1.54) is 135 Å². The molecular weight excluding hydrogens is 855 g/mol. The summed E-state index contributed by atoms with van der Waals surface area (Å²) in [4.78, 5) is 0. The van der Waals surface area contributed by atoms with Crippen molar-refractivity contribution in [2.45, 2.75) is 81.1 Å². The van der Waals surface area contributed by atoms with Crippen molar-refractivity contribution in [2.75, 3.05) is 0 Å². The molecule has 8 aromatic rings. The summed E-state index contributed by atoms with van der Waals surface area (Å²) in [6.45, 7) is 17.8. The predicted molar refractivity (Wildman–Crippen MR) is 242 cm³/mol. The average Bonchev–Trinajstić information content (AvgIpc) is 3.92. The van der Waals surface area contributed by atoms with Crippen LogP contribution >= 0.6 is 0 Å². The first-order chi connectivity index (χ1) is 26.7. The fourth-order valence-electron chi connectivity index (χ4n) is 8.15. The number of aryl methyl sites for hydroxylation is 4. The minimum Gasteiger partial charge on any atom is -0.184 e. The van der Waals surface area contributed by atoms with Gasteiger partial charge in [-0.25, -0.2) is 0 Å². The molecule has 1 aliphatic heterocycles. The average molecular weight is 909 g/mol. The van der Waals surface area contributed by atoms with Crippen LogP contribution in [-0.4, -0.2) is 9.52 Å². The van der Waals surface area contributed by atoms with E-state index in [9.17, 15) is 0 Å². The van der Waals surface area contributed by atoms with Gasteiger partial charge in [0, 0.05) is 25.8 Å². The summed E-state index contributed by atoms with van der Waals surface area (Å²) in [5.41, 5.74) is 19.5. The van der Waals surface area contributed by atoms with Crippen molar-refractivity contribution < 1.29 is 25.8 Å². The van der Waals surface area contributed by atoms with Gasteiger partial charge in [-0.2, -0.15) is 41.6 Å². The summed E-state index contributed by atoms with van der Waals surface area (Å²) in [5, 5.41) is 8.35. The molecular formula is C54H53HfSi-3. The minimum absolute atomic E-state index is 0. The molecule has 0 spiro atoms. The third-order valence-corrected chi connectivity index (χ3v) is 13.1. The molecule has 0 fully saturated rings. The zero-order valence-electron chi connectivity index (χ0n) is 34.5. The molecule has 0 amide bonds. The van der Waals surface area contributed by atoms with Gasteiger partial charge in [0.1, 0.15) is 0 Å². The molecule has 0 N–H and O–H groups in total. The van der Waals surface area contributed by atoms with E-state index in [0.29, 0.717) is 0 Å². The van der Waals surface area contributed by atoms with E-state index >= 15 is 0 Å². The first-order valence-corrected chi connectivity index (χ1v) is 21.1. The number of hydrogen-bond donors (Lipinski definition) is 0. The van der Waals surface area contributed by atoms with Gasteiger partial charge in [0.15, 0.2) is 0 Å². The van der Waals surface area contributed by atoms with Gasteiger partial charge in [-0.05, 0) is 98.9 Å². The quantitative estimate of drug-likeness (QED) is 0.115. The van der Waals surface area contributed by atoms with Crippen LogP contribution < -0.4 is 10.4 Å². The van der Waals surface area contributed by atoms with Gasteiger partial charge in [0.25, 0.3) is 0 Å². The van der Waals surface area contributed by atoms with Crippen molar-refractivity contribution in [3.63, 3.8) is 0 Å². The smallest absolute Gasteiger partial charge is 0.0920 e. The molecule has 8 aromatic carbocycles. The second kappa shape index (κ2) is 18.3. The number of rotatable bonds is 6. The van der Waals surface area contributed by atoms with Gasteiger partial charge in [-0.1, -0.05) is 109 Å². The molecule has 0 aliphatic carbocycles. The van der Waals surface area contributed by atoms with E-state index in [-0.39, 0.29) is 25.8 Å². The fourth-order valence-corrected chi connectivity index (χ4v) is 9.46. The second-order valence-corrected chi connectivity index (χ2v) is 16.6. The van der Waals surface area contributed by atoms with E-state index < -0.39 is 0 Å². The van der Waals surface area contributed by atoms with Gasteiger partial charge >= 0.3 is 0 Å². The summed E-state index contributed by atoms with van der Waals surface area (Å²) in [7, 11) is 0.795. The predicted octanol–water partition coefficient (Wildman–Crippen LogP) is 13.3. The van der Waals surface area contributed by atoms with Gasteiger partial charge in [-0.15, -0.1) is 74.6 Å². The van der Waals surface area contributed by atoms with E-state index in [1.807, 2.05) is 6.07 Å². The van der Waals surface area contributed by atoms with E-state index in [2.05, 4.69) is 183 Å². The summed E-state index contributed by atoms with van der Waals surface area (Å²) < 4.78 is 0. The molecule has 280 valence electrons. The molecule has 0 saturated carbocycles. The van der Waals surface area contributed by atoms with Crippen LogP contribution in [-0.2, 0) is 38.7 Å². The first-order valence-electron chi connectivity index (χ1n) is 20.1. The van der Waals surface area contributed by atoms with Crippen LogP contribution in [0, 0.1) is 47.6 Å². The summed E-state index contributed by atoms with van der Waals surface area (Å²) in [5.74, 6) is 0. The maximum Gasteiger partial charge on any atom is 0.0920 e. The Morgan fingerprint density at radius 2 is 0.964 bits per heavy atom. The van der Waals surface area contributed by atoms with Crippen LogP contribution in [0.25, 0.3) is 54.9 Å². The van der Waals surface area contributed by atoms with E-state index in [4.69, 9.17) is 0 Å². The fraction of sp³-hybridized carbons (Fsp3) is 0.222. The van der Waals surface area contributed by atoms with Gasteiger partial charge in [-0.3, -0.25) is 0 Å². The standard InChI is InChI=1S/2C21H23.C12H7Si.Hf/c2*1-5-7-17-12-18-8-6-9-20(21(18)13-17)19-11-10-14(2)15(3)16(19)4;1-3-7-11-9(5-1)10-6-2-4-8-12(10)13-11;/h2*6,8-13H,5,7H2,1-4H3;1-7H;/q3*-1;. The zero-order valence-corrected chi connectivity index (χ0v) is 39.0. The molecule has 1 aliphatic rings. The third-order valence-electron chi connectivity index (χ3n) is 11.7. The normalized spacial score (nSPS) is 11.3. The topological polar surface area (TPSA) is 0 Å². The molecule has 2 heteroatoms. The molecule has 1 heterocycles. The maximum absolute atomic E-state index is 3.31. The number of hydrogen-bond acceptors (Lipinski definition) is 0. The number of benzene rings is 6. The molecule has 56 heavy (non-hydrogen) atoms. The summed E-state index contributed by atoms with van der Waals surface area (Å²) >= 11 is 0. The number of fused-ring (bicyclic) bond motifs is 5. The molecule has 0 saturated heterocycles. The molecule has 0 unspecified atom stereocenters. The Bertz CT molecular complexity index is 2430. The van der Waals surface area contributed by atoms with Crippen molar-refractivity contribution in [1.82, 2.24) is 0 Å². The van der Waals surface area contributed by atoms with Gasteiger partial charge in [0.05, 0.1) is 9.52 Å². The summed E-state index contributed by atoms with van der Waals surface area (Å²) in [6, 6.07) is 50.0. The molecule has 0 nitrogen and oxygen atoms in total. The molecule has 9 rings (SSSR count). The zero-order chi connectivity index (χ0) is 38.6. The SMILES string of the molecule is CCCc1cc2c(-c3ccc(C)c(C)c3C)cccc2[cH-]1.CCCc1cc2c(-c3ccc(C)c(C)c3C)cccc2[cH-]1.[Hf].[c-]1cccc2c1[Si]c1ccccc1-2. The largest absolute Gasteiger partial charge is 0.184 e. The van der Waals surface area contributed by atoms with Crippen LogP contribution in [0.4, 0.5) is 0 Å². The monoisotopic (exact) mass is 909 g/mol. The van der Waals surface area contributed by atoms with Gasteiger partial charge in [0.2, 0.25) is 0 Å². The van der Waals surface area contributed by atoms with Gasteiger partial charge < -0.3 is 0 Å². The summed E-state index contributed by atoms with van der Waals surface area (Å²) in [6.07, 6.45) is 4.74. The van der Waals surface area contributed by atoms with Crippen LogP contribution in [0.2, 0.25) is 0 Å². The Labute approximate surface area is 357 Å². The van der Waals surface area contributed by atoms with Crippen molar-refractivity contribution >= 4 is 41.4 Å². The third kappa shape index (κ3) is 8.48. The Hall–Kier alpha value is -4.37. The van der Waals surface area contributed by atoms with Crippen LogP contribution in [0.5, 0.6) is 0 Å². The Morgan fingerprint density at radius 1 is 0.482 bits per heavy atom. The first kappa shape index (κ1) is 41.3. The Kier molecular flexibility index (Phi) is 13.5. The Balaban J connectivity index is 0.000000145. The van der Waals surface area contributed by atoms with Crippen molar-refractivity contribution in [3.05, 3.63) is 178 Å². The molecule has 0 aromatic heterocycles. The van der Waals surface area contributed by atoms with Crippen LogP contribution in [0.1, 0.15) is 71.2 Å². The van der Waals surface area contributed by atoms with Crippen LogP contribution in [0.3, 0.4) is 0 Å². The minimum atomic E-state index is 0. The maximum atomic E-state index is 3.31. The Morgan fingerprint density at radius 3 is 1.48 bits per heavy atom. The van der Waals surface area contributed by atoms with E-state index in [0.717, 1.165) is 9.52 Å². The second-order valence-electron chi connectivity index (χ2n) is 15.3.